The summed E-state index contributed by atoms with van der Waals surface area (Å²) in [7, 11) is 0. The van der Waals surface area contributed by atoms with Gasteiger partial charge in [-0.3, -0.25) is 14.7 Å². The van der Waals surface area contributed by atoms with E-state index in [1.165, 1.54) is 0 Å². The lowest BCUT2D eigenvalue weighted by atomic mass is 9.88. The Hall–Kier alpha value is -0.240. The molecule has 0 N–H and O–H groups in total. The van der Waals surface area contributed by atoms with Crippen molar-refractivity contribution in [2.75, 3.05) is 52.4 Å². The van der Waals surface area contributed by atoms with Crippen LogP contribution in [0.5, 0.6) is 0 Å². The van der Waals surface area contributed by atoms with E-state index in [1.807, 2.05) is 0 Å². The summed E-state index contributed by atoms with van der Waals surface area (Å²) in [6.07, 6.45) is 6.21. The van der Waals surface area contributed by atoms with Crippen molar-refractivity contribution in [2.45, 2.75) is 109 Å². The van der Waals surface area contributed by atoms with Gasteiger partial charge in [0.25, 0.3) is 0 Å². The van der Waals surface area contributed by atoms with Gasteiger partial charge in [0.05, 0.1) is 36.6 Å². The fourth-order valence-corrected chi connectivity index (χ4v) is 5.87. The quantitative estimate of drug-likeness (QED) is 0.533. The summed E-state index contributed by atoms with van der Waals surface area (Å²) in [5.74, 6) is 0. The van der Waals surface area contributed by atoms with Crippen molar-refractivity contribution in [3.8, 4) is 0 Å². The molecule has 0 spiro atoms. The molecule has 0 aromatic carbocycles. The molecule has 0 aromatic rings. The van der Waals surface area contributed by atoms with Crippen molar-refractivity contribution in [3.63, 3.8) is 0 Å². The lowest BCUT2D eigenvalue weighted by Gasteiger charge is -2.50. The van der Waals surface area contributed by atoms with E-state index < -0.39 is 0 Å². The fourth-order valence-electron chi connectivity index (χ4n) is 5.87. The summed E-state index contributed by atoms with van der Waals surface area (Å²) in [5.41, 5.74) is -0.0693. The second kappa shape index (κ2) is 11.9. The van der Waals surface area contributed by atoms with Crippen molar-refractivity contribution in [2.24, 2.45) is 0 Å². The SMILES string of the molecule is [CH2]C(CCN1CC(C)OC(C)C1)(CCN1CC(C)OC(C)C1)N1CC(CC)OC(CC)C1. The second-order valence-electron chi connectivity index (χ2n) is 10.9. The van der Waals surface area contributed by atoms with Crippen LogP contribution in [0.15, 0.2) is 0 Å². The Bertz CT molecular complexity index is 500. The van der Waals surface area contributed by atoms with Crippen LogP contribution in [0.2, 0.25) is 0 Å². The van der Waals surface area contributed by atoms with Crippen LogP contribution in [0.1, 0.15) is 67.2 Å². The van der Waals surface area contributed by atoms with Crippen LogP contribution in [0.25, 0.3) is 0 Å². The molecule has 6 nitrogen and oxygen atoms in total. The van der Waals surface area contributed by atoms with Gasteiger partial charge < -0.3 is 14.2 Å². The van der Waals surface area contributed by atoms with Crippen LogP contribution < -0.4 is 0 Å². The van der Waals surface area contributed by atoms with Crippen LogP contribution in [0.4, 0.5) is 0 Å². The molecule has 6 unspecified atom stereocenters. The number of morpholine rings is 3. The lowest BCUT2D eigenvalue weighted by molar-refractivity contribution is -0.118. The molecular formula is C26H50N3O3. The monoisotopic (exact) mass is 452 g/mol. The standard InChI is InChI=1S/C26H50N3O3/c1-8-24-18-29(19-25(9-2)32-24)26(7,10-12-27-14-20(3)30-21(4)15-27)11-13-28-16-22(5)31-23(6)17-28/h20-25H,7-19H2,1-6H3. The lowest BCUT2D eigenvalue weighted by Crippen LogP contribution is -2.59. The van der Waals surface area contributed by atoms with E-state index in [-0.39, 0.29) is 5.54 Å². The number of hydrogen-bond donors (Lipinski definition) is 0. The largest absolute Gasteiger partial charge is 0.373 e. The highest BCUT2D eigenvalue weighted by Crippen LogP contribution is 2.30. The van der Waals surface area contributed by atoms with Gasteiger partial charge in [-0.15, -0.1) is 0 Å². The van der Waals surface area contributed by atoms with Crippen molar-refractivity contribution < 1.29 is 14.2 Å². The van der Waals surface area contributed by atoms with E-state index in [2.05, 4.69) is 56.2 Å². The molecule has 3 fully saturated rings. The first-order valence-corrected chi connectivity index (χ1v) is 13.2. The van der Waals surface area contributed by atoms with Gasteiger partial charge in [-0.1, -0.05) is 13.8 Å². The van der Waals surface area contributed by atoms with E-state index in [4.69, 9.17) is 21.1 Å². The fraction of sp³-hybridized carbons (Fsp3) is 0.962. The predicted octanol–water partition coefficient (Wildman–Crippen LogP) is 3.45. The minimum Gasteiger partial charge on any atom is -0.373 e. The van der Waals surface area contributed by atoms with Gasteiger partial charge in [0.15, 0.2) is 0 Å². The molecule has 0 amide bonds. The highest BCUT2D eigenvalue weighted by atomic mass is 16.5. The molecule has 3 saturated heterocycles. The van der Waals surface area contributed by atoms with Crippen molar-refractivity contribution in [1.82, 2.24) is 14.7 Å². The second-order valence-corrected chi connectivity index (χ2v) is 10.9. The molecule has 0 aromatic heterocycles. The van der Waals surface area contributed by atoms with Gasteiger partial charge in [-0.2, -0.15) is 0 Å². The average molecular weight is 453 g/mol. The summed E-state index contributed by atoms with van der Waals surface area (Å²) in [5, 5.41) is 0. The summed E-state index contributed by atoms with van der Waals surface area (Å²) in [4.78, 5) is 7.86. The Morgan fingerprint density at radius 2 is 1.03 bits per heavy atom. The first-order chi connectivity index (χ1) is 15.2. The molecular weight excluding hydrogens is 402 g/mol. The third-order valence-corrected chi connectivity index (χ3v) is 7.59. The molecule has 6 atom stereocenters. The molecule has 3 aliphatic rings. The highest BCUT2D eigenvalue weighted by molar-refractivity contribution is 4.98. The molecule has 3 heterocycles. The van der Waals surface area contributed by atoms with E-state index >= 15 is 0 Å². The smallest absolute Gasteiger partial charge is 0.0704 e. The van der Waals surface area contributed by atoms with Crippen LogP contribution in [0, 0.1) is 6.92 Å². The Morgan fingerprint density at radius 1 is 0.656 bits per heavy atom. The molecule has 3 rings (SSSR count). The Morgan fingerprint density at radius 3 is 1.38 bits per heavy atom. The Labute approximate surface area is 197 Å². The number of rotatable bonds is 9. The highest BCUT2D eigenvalue weighted by Gasteiger charge is 2.39. The maximum absolute atomic E-state index is 6.33. The van der Waals surface area contributed by atoms with Gasteiger partial charge in [0.1, 0.15) is 0 Å². The van der Waals surface area contributed by atoms with E-state index in [9.17, 15) is 0 Å². The van der Waals surface area contributed by atoms with Crippen LogP contribution >= 0.6 is 0 Å². The van der Waals surface area contributed by atoms with Crippen molar-refractivity contribution in [1.29, 1.82) is 0 Å². The van der Waals surface area contributed by atoms with Crippen LogP contribution in [0.3, 0.4) is 0 Å². The zero-order valence-corrected chi connectivity index (χ0v) is 21.7. The van der Waals surface area contributed by atoms with Gasteiger partial charge in [0.2, 0.25) is 0 Å². The van der Waals surface area contributed by atoms with Crippen LogP contribution in [-0.4, -0.2) is 109 Å². The number of ether oxygens (including phenoxy) is 3. The van der Waals surface area contributed by atoms with Gasteiger partial charge in [-0.05, 0) is 60.3 Å². The van der Waals surface area contributed by atoms with Crippen molar-refractivity contribution >= 4 is 0 Å². The molecule has 3 aliphatic heterocycles. The van der Waals surface area contributed by atoms with Gasteiger partial charge >= 0.3 is 0 Å². The average Bonchev–Trinajstić information content (AvgIpc) is 2.74. The molecule has 0 bridgehead atoms. The third kappa shape index (κ3) is 7.38. The number of hydrogen-bond acceptors (Lipinski definition) is 6. The zero-order chi connectivity index (χ0) is 23.3. The number of nitrogens with zero attached hydrogens (tertiary/aromatic N) is 3. The topological polar surface area (TPSA) is 37.4 Å². The minimum absolute atomic E-state index is 0.0693. The summed E-state index contributed by atoms with van der Waals surface area (Å²) in [6, 6.07) is 0. The first-order valence-electron chi connectivity index (χ1n) is 13.2. The molecule has 0 saturated carbocycles. The Balaban J connectivity index is 1.68. The molecule has 1 radical (unpaired) electrons. The zero-order valence-electron chi connectivity index (χ0n) is 21.7. The van der Waals surface area contributed by atoms with Gasteiger partial charge in [0, 0.05) is 57.9 Å². The van der Waals surface area contributed by atoms with Crippen LogP contribution in [-0.2, 0) is 14.2 Å². The van der Waals surface area contributed by atoms with Gasteiger partial charge in [-0.25, -0.2) is 0 Å². The van der Waals surface area contributed by atoms with Crippen molar-refractivity contribution in [3.05, 3.63) is 6.92 Å². The molecule has 187 valence electrons. The summed E-state index contributed by atoms with van der Waals surface area (Å²) < 4.78 is 18.3. The molecule has 0 aliphatic carbocycles. The van der Waals surface area contributed by atoms with E-state index in [1.54, 1.807) is 0 Å². The minimum atomic E-state index is -0.0693. The normalized spacial score (nSPS) is 38.0. The predicted molar refractivity (Wildman–Crippen MR) is 131 cm³/mol. The van der Waals surface area contributed by atoms with E-state index in [0.29, 0.717) is 36.6 Å². The molecule has 32 heavy (non-hydrogen) atoms. The summed E-state index contributed by atoms with van der Waals surface area (Å²) in [6.45, 7) is 26.5. The molecule has 6 heteroatoms. The maximum atomic E-state index is 6.33. The van der Waals surface area contributed by atoms with E-state index in [0.717, 1.165) is 78.0 Å². The maximum Gasteiger partial charge on any atom is 0.0704 e. The summed E-state index contributed by atoms with van der Waals surface area (Å²) >= 11 is 0. The third-order valence-electron chi connectivity index (χ3n) is 7.59. The first kappa shape index (κ1) is 26.4. The Kier molecular flexibility index (Phi) is 9.84.